The van der Waals surface area contributed by atoms with Crippen molar-refractivity contribution in [2.45, 2.75) is 92.2 Å². The average Bonchev–Trinajstić information content (AvgIpc) is 2.44. The van der Waals surface area contributed by atoms with Crippen LogP contribution in [0.4, 0.5) is 8.78 Å². The van der Waals surface area contributed by atoms with E-state index in [1.807, 2.05) is 19.6 Å². The molecule has 0 spiro atoms. The molecule has 21 heavy (non-hydrogen) atoms. The van der Waals surface area contributed by atoms with E-state index < -0.39 is 26.5 Å². The molecule has 0 saturated carbocycles. The first-order valence-electron chi connectivity index (χ1n) is 8.81. The molecule has 0 aliphatic rings. The average molecular weight is 425 g/mol. The van der Waals surface area contributed by atoms with Crippen molar-refractivity contribution in [2.24, 2.45) is 0 Å². The predicted octanol–water partition coefficient (Wildman–Crippen LogP) is 7.40. The number of rotatable bonds is 11. The van der Waals surface area contributed by atoms with Crippen molar-refractivity contribution in [3.8, 4) is 0 Å². The Bertz CT molecular complexity index is 299. The van der Waals surface area contributed by atoms with E-state index in [4.69, 9.17) is 0 Å². The van der Waals surface area contributed by atoms with Crippen LogP contribution in [0.1, 0.15) is 59.3 Å². The molecule has 0 heterocycles. The van der Waals surface area contributed by atoms with Gasteiger partial charge < -0.3 is 0 Å². The van der Waals surface area contributed by atoms with Crippen molar-refractivity contribution in [2.75, 3.05) is 0 Å². The Morgan fingerprint density at radius 2 is 1.10 bits per heavy atom. The normalized spacial score (nSPS) is 14.3. The summed E-state index contributed by atoms with van der Waals surface area (Å²) >= 11 is -3.15. The van der Waals surface area contributed by atoms with Crippen molar-refractivity contribution < 1.29 is 8.78 Å². The van der Waals surface area contributed by atoms with Gasteiger partial charge in [0, 0.05) is 0 Å². The standard InChI is InChI=1S/C5H9F2Si.3C4H9.Sn/c1-8(2,3)5(7)4-6;3*1-3-4-2;/h1-3H3;3*1,3-4H2,2H3;. The van der Waals surface area contributed by atoms with Gasteiger partial charge in [-0.15, -0.1) is 0 Å². The number of hydrogen-bond donors (Lipinski definition) is 0. The first-order valence-corrected chi connectivity index (χ1v) is 19.8. The molecule has 0 atom stereocenters. The summed E-state index contributed by atoms with van der Waals surface area (Å²) in [5.74, 6) is 0. The zero-order chi connectivity index (χ0) is 16.5. The monoisotopic (exact) mass is 426 g/mol. The minimum atomic E-state index is -3.15. The molecule has 0 radical (unpaired) electrons. The summed E-state index contributed by atoms with van der Waals surface area (Å²) in [7, 11) is -2.16. The second kappa shape index (κ2) is 10.4. The number of hydrogen-bond acceptors (Lipinski definition) is 0. The third-order valence-electron chi connectivity index (χ3n) is 4.34. The van der Waals surface area contributed by atoms with E-state index in [0.29, 0.717) is 0 Å². The summed E-state index contributed by atoms with van der Waals surface area (Å²) in [4.78, 5) is 0. The van der Waals surface area contributed by atoms with E-state index in [-0.39, 0.29) is 9.29 Å². The topological polar surface area (TPSA) is 0 Å². The van der Waals surface area contributed by atoms with Crippen molar-refractivity contribution in [1.29, 1.82) is 0 Å². The summed E-state index contributed by atoms with van der Waals surface area (Å²) in [6, 6.07) is 0. The molecule has 0 aromatic rings. The van der Waals surface area contributed by atoms with Gasteiger partial charge in [-0.3, -0.25) is 0 Å². The van der Waals surface area contributed by atoms with E-state index in [9.17, 15) is 4.39 Å². The van der Waals surface area contributed by atoms with Crippen LogP contribution >= 0.6 is 0 Å². The van der Waals surface area contributed by atoms with Gasteiger partial charge in [0.2, 0.25) is 0 Å². The van der Waals surface area contributed by atoms with Crippen molar-refractivity contribution >= 4 is 26.5 Å². The molecule has 0 rings (SSSR count). The molecule has 0 bridgehead atoms. The molecule has 0 aliphatic heterocycles. The van der Waals surface area contributed by atoms with Gasteiger partial charge in [-0.05, 0) is 0 Å². The van der Waals surface area contributed by atoms with Gasteiger partial charge in [0.15, 0.2) is 0 Å². The van der Waals surface area contributed by atoms with Gasteiger partial charge in [-0.2, -0.15) is 0 Å². The van der Waals surface area contributed by atoms with Crippen LogP contribution in [0.25, 0.3) is 0 Å². The maximum atomic E-state index is 15.2. The molecule has 0 fully saturated rings. The van der Waals surface area contributed by atoms with Crippen LogP contribution in [0, 0.1) is 0 Å². The van der Waals surface area contributed by atoms with Gasteiger partial charge in [-0.25, -0.2) is 0 Å². The Labute approximate surface area is 136 Å². The van der Waals surface area contributed by atoms with E-state index in [0.717, 1.165) is 51.8 Å². The van der Waals surface area contributed by atoms with Crippen LogP contribution in [0.2, 0.25) is 33.0 Å². The predicted molar refractivity (Wildman–Crippen MR) is 97.5 cm³/mol. The second-order valence-electron chi connectivity index (χ2n) is 7.47. The van der Waals surface area contributed by atoms with E-state index in [1.54, 1.807) is 0 Å². The Morgan fingerprint density at radius 3 is 1.33 bits per heavy atom. The van der Waals surface area contributed by atoms with Crippen LogP contribution in [-0.2, 0) is 0 Å². The fourth-order valence-electron chi connectivity index (χ4n) is 2.81. The molecule has 0 unspecified atom stereocenters. The van der Waals surface area contributed by atoms with Crippen molar-refractivity contribution in [3.05, 3.63) is 9.29 Å². The van der Waals surface area contributed by atoms with Crippen LogP contribution in [0.3, 0.4) is 0 Å². The van der Waals surface area contributed by atoms with Gasteiger partial charge in [0.05, 0.1) is 0 Å². The molecule has 0 aromatic carbocycles. The second-order valence-corrected chi connectivity index (χ2v) is 25.3. The maximum absolute atomic E-state index is 15.2. The Kier molecular flexibility index (Phi) is 10.7. The summed E-state index contributed by atoms with van der Waals surface area (Å²) in [6.07, 6.45) is 6.53. The zero-order valence-electron chi connectivity index (χ0n) is 15.1. The number of unbranched alkanes of at least 4 members (excludes halogenated alkanes) is 3. The molecule has 4 heteroatoms. The fraction of sp³-hybridized carbons (Fsp3) is 0.882. The molecule has 126 valence electrons. The molecule has 0 aromatic heterocycles. The molecular weight excluding hydrogens is 389 g/mol. The molecule has 0 N–H and O–H groups in total. The minimum absolute atomic E-state index is 0.182. The molecular formula is C17H36F2SiSn. The third-order valence-corrected chi connectivity index (χ3v) is 21.1. The van der Waals surface area contributed by atoms with Gasteiger partial charge in [0.1, 0.15) is 0 Å². The quantitative estimate of drug-likeness (QED) is 0.303. The first-order chi connectivity index (χ1) is 9.75. The SMILES string of the molecule is CCC[CH2][Sn]([CH2]CCC)([CH2]CCC)/[C](F)=C(/F)[Si](C)(C)C. The zero-order valence-corrected chi connectivity index (χ0v) is 19.0. The van der Waals surface area contributed by atoms with Crippen LogP contribution in [-0.4, -0.2) is 26.5 Å². The summed E-state index contributed by atoms with van der Waals surface area (Å²) in [5.41, 5.74) is -0.304. The molecule has 0 aliphatic carbocycles. The third kappa shape index (κ3) is 7.15. The molecule has 0 nitrogen and oxygen atoms in total. The van der Waals surface area contributed by atoms with Crippen LogP contribution in [0.5, 0.6) is 0 Å². The first kappa shape index (κ1) is 21.6. The Balaban J connectivity index is 5.58. The molecule has 0 amide bonds. The summed E-state index contributed by atoms with van der Waals surface area (Å²) in [6.45, 7) is 12.3. The summed E-state index contributed by atoms with van der Waals surface area (Å²) < 4.78 is 32.8. The van der Waals surface area contributed by atoms with Gasteiger partial charge in [0.25, 0.3) is 0 Å². The van der Waals surface area contributed by atoms with E-state index in [1.165, 1.54) is 0 Å². The van der Waals surface area contributed by atoms with Crippen LogP contribution < -0.4 is 0 Å². The molecule has 0 saturated heterocycles. The van der Waals surface area contributed by atoms with Crippen molar-refractivity contribution in [3.63, 3.8) is 0 Å². The van der Waals surface area contributed by atoms with Crippen molar-refractivity contribution in [1.82, 2.24) is 0 Å². The van der Waals surface area contributed by atoms with E-state index >= 15 is 4.39 Å². The van der Waals surface area contributed by atoms with Gasteiger partial charge >= 0.3 is 137 Å². The Hall–Kier alpha value is 0.616. The van der Waals surface area contributed by atoms with Crippen LogP contribution in [0.15, 0.2) is 9.29 Å². The van der Waals surface area contributed by atoms with Gasteiger partial charge in [-0.1, -0.05) is 0 Å². The van der Waals surface area contributed by atoms with E-state index in [2.05, 4.69) is 20.8 Å². The Morgan fingerprint density at radius 1 is 0.762 bits per heavy atom. The fourth-order valence-corrected chi connectivity index (χ4v) is 22.6. The summed E-state index contributed by atoms with van der Waals surface area (Å²) in [5, 5.41) is 0. The number of halogens is 2.